The van der Waals surface area contributed by atoms with Gasteiger partial charge in [-0.05, 0) is 43.2 Å². The van der Waals surface area contributed by atoms with Gasteiger partial charge in [-0.15, -0.1) is 0 Å². The van der Waals surface area contributed by atoms with E-state index in [9.17, 15) is 5.11 Å². The number of aliphatic hydroxyl groups is 1. The zero-order valence-electron chi connectivity index (χ0n) is 13.0. The molecule has 2 aromatic rings. The van der Waals surface area contributed by atoms with E-state index >= 15 is 0 Å². The zero-order valence-corrected chi connectivity index (χ0v) is 13.0. The number of hydrogen-bond acceptors (Lipinski definition) is 4. The van der Waals surface area contributed by atoms with E-state index in [1.54, 1.807) is 0 Å². The predicted molar refractivity (Wildman–Crippen MR) is 88.8 cm³/mol. The second-order valence-electron chi connectivity index (χ2n) is 6.85. The lowest BCUT2D eigenvalue weighted by atomic mass is 9.99. The first-order chi connectivity index (χ1) is 10.7. The number of pyridine rings is 1. The van der Waals surface area contributed by atoms with Crippen LogP contribution in [-0.2, 0) is 6.61 Å². The number of rotatable bonds is 3. The minimum Gasteiger partial charge on any atom is -0.392 e. The number of aliphatic hydroxyl groups excluding tert-OH is 1. The van der Waals surface area contributed by atoms with Gasteiger partial charge in [-0.25, -0.2) is 4.98 Å². The van der Waals surface area contributed by atoms with Crippen LogP contribution in [0.25, 0.3) is 10.9 Å². The van der Waals surface area contributed by atoms with Gasteiger partial charge in [0.25, 0.3) is 0 Å². The molecule has 2 heterocycles. The summed E-state index contributed by atoms with van der Waals surface area (Å²) in [6, 6.07) is 8.48. The smallest absolute Gasteiger partial charge is 0.134 e. The highest BCUT2D eigenvalue weighted by Crippen LogP contribution is 2.42. The van der Waals surface area contributed by atoms with Gasteiger partial charge in [0.1, 0.15) is 5.82 Å². The van der Waals surface area contributed by atoms with Crippen molar-refractivity contribution in [3.63, 3.8) is 0 Å². The Morgan fingerprint density at radius 3 is 2.86 bits per heavy atom. The van der Waals surface area contributed by atoms with Gasteiger partial charge in [-0.2, -0.15) is 0 Å². The highest BCUT2D eigenvalue weighted by Gasteiger charge is 2.41. The van der Waals surface area contributed by atoms with E-state index in [0.29, 0.717) is 5.92 Å². The van der Waals surface area contributed by atoms with Gasteiger partial charge in [0.05, 0.1) is 12.1 Å². The highest BCUT2D eigenvalue weighted by molar-refractivity contribution is 5.84. The molecule has 1 saturated heterocycles. The molecule has 2 atom stereocenters. The molecule has 4 heteroatoms. The third kappa shape index (κ3) is 2.27. The molecular formula is C18H23N3O. The van der Waals surface area contributed by atoms with Crippen molar-refractivity contribution in [2.45, 2.75) is 32.4 Å². The van der Waals surface area contributed by atoms with Crippen LogP contribution in [0.3, 0.4) is 0 Å². The van der Waals surface area contributed by atoms with Crippen LogP contribution in [0.5, 0.6) is 0 Å². The molecule has 0 amide bonds. The molecule has 2 fully saturated rings. The summed E-state index contributed by atoms with van der Waals surface area (Å²) in [7, 11) is 0. The first kappa shape index (κ1) is 14.0. The zero-order chi connectivity index (χ0) is 15.3. The molecule has 1 aliphatic heterocycles. The van der Waals surface area contributed by atoms with Crippen molar-refractivity contribution in [3.05, 3.63) is 35.4 Å². The average molecular weight is 297 g/mol. The minimum atomic E-state index is 0.0199. The van der Waals surface area contributed by atoms with Gasteiger partial charge < -0.3 is 15.7 Å². The number of nitrogens with zero attached hydrogens (tertiary/aromatic N) is 2. The summed E-state index contributed by atoms with van der Waals surface area (Å²) in [6.07, 6.45) is 2.65. The van der Waals surface area contributed by atoms with Crippen LogP contribution in [-0.4, -0.2) is 29.2 Å². The first-order valence-corrected chi connectivity index (χ1v) is 8.18. The molecule has 1 aromatic carbocycles. The predicted octanol–water partition coefficient (Wildman–Crippen LogP) is 2.21. The summed E-state index contributed by atoms with van der Waals surface area (Å²) in [4.78, 5) is 7.17. The Hall–Kier alpha value is -1.65. The van der Waals surface area contributed by atoms with Gasteiger partial charge in [-0.3, -0.25) is 0 Å². The van der Waals surface area contributed by atoms with E-state index in [1.807, 2.05) is 6.07 Å². The Bertz CT molecular complexity index is 711. The van der Waals surface area contributed by atoms with Crippen LogP contribution in [0, 0.1) is 18.8 Å². The molecule has 4 rings (SSSR count). The summed E-state index contributed by atoms with van der Waals surface area (Å²) in [5.74, 6) is 2.31. The van der Waals surface area contributed by atoms with E-state index in [4.69, 9.17) is 10.7 Å². The van der Waals surface area contributed by atoms with Crippen LogP contribution in [0.4, 0.5) is 5.82 Å². The second kappa shape index (κ2) is 5.21. The number of benzene rings is 1. The molecule has 22 heavy (non-hydrogen) atoms. The van der Waals surface area contributed by atoms with Crippen LogP contribution < -0.4 is 10.6 Å². The van der Waals surface area contributed by atoms with E-state index in [0.717, 1.165) is 41.3 Å². The maximum absolute atomic E-state index is 9.76. The molecule has 0 bridgehead atoms. The maximum atomic E-state index is 9.76. The molecule has 1 aliphatic carbocycles. The lowest BCUT2D eigenvalue weighted by Gasteiger charge is -2.21. The van der Waals surface area contributed by atoms with Crippen molar-refractivity contribution in [2.24, 2.45) is 17.6 Å². The Kier molecular flexibility index (Phi) is 3.31. The van der Waals surface area contributed by atoms with Crippen LogP contribution in [0.15, 0.2) is 24.3 Å². The van der Waals surface area contributed by atoms with Crippen molar-refractivity contribution in [1.82, 2.24) is 4.98 Å². The fourth-order valence-corrected chi connectivity index (χ4v) is 3.82. The van der Waals surface area contributed by atoms with Crippen LogP contribution in [0.2, 0.25) is 0 Å². The summed E-state index contributed by atoms with van der Waals surface area (Å²) in [6.45, 7) is 3.92. The van der Waals surface area contributed by atoms with Gasteiger partial charge in [0, 0.05) is 30.1 Å². The third-order valence-corrected chi connectivity index (χ3v) is 5.21. The summed E-state index contributed by atoms with van der Waals surface area (Å²) in [5.41, 5.74) is 9.45. The summed E-state index contributed by atoms with van der Waals surface area (Å²) < 4.78 is 0. The van der Waals surface area contributed by atoms with Crippen molar-refractivity contribution in [1.29, 1.82) is 0 Å². The van der Waals surface area contributed by atoms with Gasteiger partial charge in [0.2, 0.25) is 0 Å². The largest absolute Gasteiger partial charge is 0.392 e. The molecular weight excluding hydrogens is 274 g/mol. The quantitative estimate of drug-likeness (QED) is 0.912. The Balaban J connectivity index is 1.75. The highest BCUT2D eigenvalue weighted by atomic mass is 16.3. The summed E-state index contributed by atoms with van der Waals surface area (Å²) >= 11 is 0. The third-order valence-electron chi connectivity index (χ3n) is 5.21. The van der Waals surface area contributed by atoms with Gasteiger partial charge >= 0.3 is 0 Å². The van der Waals surface area contributed by atoms with Gasteiger partial charge in [0.15, 0.2) is 0 Å². The monoisotopic (exact) mass is 297 g/mol. The molecule has 0 spiro atoms. The lowest BCUT2D eigenvalue weighted by molar-refractivity contribution is 0.282. The van der Waals surface area contributed by atoms with Crippen molar-refractivity contribution >= 4 is 16.7 Å². The molecule has 0 unspecified atom stereocenters. The van der Waals surface area contributed by atoms with Crippen LogP contribution >= 0.6 is 0 Å². The lowest BCUT2D eigenvalue weighted by Crippen LogP contribution is -2.30. The molecule has 116 valence electrons. The number of fused-ring (bicyclic) bond motifs is 1. The Morgan fingerprint density at radius 2 is 2.14 bits per heavy atom. The topological polar surface area (TPSA) is 62.4 Å². The number of hydrogen-bond donors (Lipinski definition) is 2. The number of para-hydroxylation sites is 1. The van der Waals surface area contributed by atoms with E-state index < -0.39 is 0 Å². The first-order valence-electron chi connectivity index (χ1n) is 8.18. The fraction of sp³-hybridized carbons (Fsp3) is 0.500. The average Bonchev–Trinajstić information content (AvgIpc) is 3.29. The minimum absolute atomic E-state index is 0.0199. The van der Waals surface area contributed by atoms with Gasteiger partial charge in [-0.1, -0.05) is 18.2 Å². The van der Waals surface area contributed by atoms with E-state index in [-0.39, 0.29) is 12.6 Å². The van der Waals surface area contributed by atoms with E-state index in [1.165, 1.54) is 18.4 Å². The Morgan fingerprint density at radius 1 is 1.32 bits per heavy atom. The Labute approximate surface area is 130 Å². The number of aromatic nitrogens is 1. The second-order valence-corrected chi connectivity index (χ2v) is 6.85. The normalized spacial score (nSPS) is 25.1. The van der Waals surface area contributed by atoms with Crippen molar-refractivity contribution < 1.29 is 5.11 Å². The standard InChI is InChI=1S/C18H23N3O/c1-11-3-2-4-13-7-14(10-22)18(20-17(11)13)21-8-15(12-5-6-12)16(19)9-21/h2-4,7,12,15-16,22H,5-6,8-10,19H2,1H3/t15-,16+/m1/s1. The number of anilines is 1. The molecule has 4 nitrogen and oxygen atoms in total. The molecule has 0 radical (unpaired) electrons. The molecule has 1 saturated carbocycles. The van der Waals surface area contributed by atoms with E-state index in [2.05, 4.69) is 30.0 Å². The maximum Gasteiger partial charge on any atom is 0.134 e. The van der Waals surface area contributed by atoms with Crippen LogP contribution in [0.1, 0.15) is 24.0 Å². The van der Waals surface area contributed by atoms with Crippen molar-refractivity contribution in [2.75, 3.05) is 18.0 Å². The molecule has 1 aromatic heterocycles. The number of nitrogens with two attached hydrogens (primary N) is 1. The van der Waals surface area contributed by atoms with Crippen molar-refractivity contribution in [3.8, 4) is 0 Å². The fourth-order valence-electron chi connectivity index (χ4n) is 3.82. The molecule has 3 N–H and O–H groups in total. The SMILES string of the molecule is Cc1cccc2cc(CO)c(N3C[C@H](C4CC4)[C@@H](N)C3)nc12. The number of aryl methyl sites for hydroxylation is 1. The summed E-state index contributed by atoms with van der Waals surface area (Å²) in [5, 5.41) is 10.9. The molecule has 2 aliphatic rings.